The number of benzene rings is 1. The van der Waals surface area contributed by atoms with Gasteiger partial charge in [0, 0.05) is 49.9 Å². The normalized spacial score (nSPS) is 24.8. The van der Waals surface area contributed by atoms with E-state index in [2.05, 4.69) is 16.8 Å². The molecule has 1 aromatic heterocycles. The Bertz CT molecular complexity index is 948. The lowest BCUT2D eigenvalue weighted by Crippen LogP contribution is -2.52. The van der Waals surface area contributed by atoms with E-state index in [4.69, 9.17) is 0 Å². The Balaban J connectivity index is 1.53. The van der Waals surface area contributed by atoms with Crippen molar-refractivity contribution in [2.75, 3.05) is 26.2 Å². The van der Waals surface area contributed by atoms with Crippen molar-refractivity contribution in [3.8, 4) is 0 Å². The molecule has 9 heteroatoms. The number of H-pyrrole nitrogens is 1. The minimum absolute atomic E-state index is 0.104. The van der Waals surface area contributed by atoms with E-state index in [0.717, 1.165) is 31.6 Å². The molecule has 4 rings (SSSR count). The van der Waals surface area contributed by atoms with Gasteiger partial charge in [-0.05, 0) is 26.2 Å². The number of halogens is 2. The van der Waals surface area contributed by atoms with E-state index in [0.29, 0.717) is 37.0 Å². The first-order valence-corrected chi connectivity index (χ1v) is 9.11. The molecule has 1 unspecified atom stereocenters. The van der Waals surface area contributed by atoms with Crippen LogP contribution in [0.15, 0.2) is 16.9 Å². The number of amides is 1. The summed E-state index contributed by atoms with van der Waals surface area (Å²) in [6.07, 6.45) is 1.26. The van der Waals surface area contributed by atoms with Gasteiger partial charge in [0.05, 0.1) is 11.0 Å². The van der Waals surface area contributed by atoms with Crippen LogP contribution in [0.3, 0.4) is 0 Å². The monoisotopic (exact) mass is 380 g/mol. The van der Waals surface area contributed by atoms with Gasteiger partial charge in [-0.3, -0.25) is 9.47 Å². The van der Waals surface area contributed by atoms with Gasteiger partial charge in [-0.25, -0.2) is 18.4 Å². The zero-order chi connectivity index (χ0) is 19.3. The van der Waals surface area contributed by atoms with E-state index in [9.17, 15) is 23.5 Å². The molecule has 2 aromatic rings. The number of carbonyl (C=O) groups is 1. The molecule has 0 spiro atoms. The van der Waals surface area contributed by atoms with Gasteiger partial charge in [0.1, 0.15) is 0 Å². The molecule has 2 aliphatic heterocycles. The summed E-state index contributed by atoms with van der Waals surface area (Å²) in [4.78, 5) is 29.9. The molecule has 146 valence electrons. The summed E-state index contributed by atoms with van der Waals surface area (Å²) >= 11 is 0. The number of fused-ring (bicyclic) bond motifs is 1. The van der Waals surface area contributed by atoms with Gasteiger partial charge in [0.2, 0.25) is 0 Å². The number of aromatic nitrogens is 2. The summed E-state index contributed by atoms with van der Waals surface area (Å²) in [5.41, 5.74) is 0.101. The quantitative estimate of drug-likeness (QED) is 0.838. The minimum Gasteiger partial charge on any atom is -0.465 e. The fraction of sp³-hybridized carbons (Fsp3) is 0.556. The maximum absolute atomic E-state index is 13.7. The molecule has 0 aliphatic carbocycles. The number of nitrogens with zero attached hydrogens (tertiary/aromatic N) is 3. The van der Waals surface area contributed by atoms with Crippen molar-refractivity contribution < 1.29 is 18.7 Å². The van der Waals surface area contributed by atoms with Crippen molar-refractivity contribution >= 4 is 17.1 Å². The van der Waals surface area contributed by atoms with Crippen LogP contribution in [-0.2, 0) is 0 Å². The molecule has 0 saturated carbocycles. The molecule has 2 fully saturated rings. The number of aromatic amines is 1. The van der Waals surface area contributed by atoms with Crippen LogP contribution in [0.1, 0.15) is 32.2 Å². The topological polar surface area (TPSA) is 81.6 Å². The van der Waals surface area contributed by atoms with Crippen molar-refractivity contribution in [2.45, 2.75) is 37.8 Å². The second kappa shape index (κ2) is 6.33. The summed E-state index contributed by atoms with van der Waals surface area (Å²) in [5, 5.41) is 9.19. The van der Waals surface area contributed by atoms with Crippen LogP contribution in [0.2, 0.25) is 0 Å². The number of hydrogen-bond donors (Lipinski definition) is 2. The number of nitrogens with one attached hydrogen (secondary N) is 1. The second-order valence-corrected chi connectivity index (χ2v) is 7.75. The van der Waals surface area contributed by atoms with Gasteiger partial charge in [0.15, 0.2) is 11.6 Å². The van der Waals surface area contributed by atoms with Crippen LogP contribution < -0.4 is 5.69 Å². The van der Waals surface area contributed by atoms with Crippen molar-refractivity contribution in [3.05, 3.63) is 34.3 Å². The third kappa shape index (κ3) is 2.99. The highest BCUT2D eigenvalue weighted by molar-refractivity contribution is 5.75. The van der Waals surface area contributed by atoms with Gasteiger partial charge in [-0.1, -0.05) is 0 Å². The lowest BCUT2D eigenvalue weighted by atomic mass is 9.94. The fourth-order valence-corrected chi connectivity index (χ4v) is 4.51. The molecule has 1 amide bonds. The van der Waals surface area contributed by atoms with E-state index in [1.165, 1.54) is 9.47 Å². The third-order valence-corrected chi connectivity index (χ3v) is 6.07. The Morgan fingerprint density at radius 3 is 2.52 bits per heavy atom. The van der Waals surface area contributed by atoms with Crippen molar-refractivity contribution in [1.82, 2.24) is 19.4 Å². The number of rotatable bonds is 2. The summed E-state index contributed by atoms with van der Waals surface area (Å²) in [7, 11) is 0. The third-order valence-electron chi connectivity index (χ3n) is 6.07. The summed E-state index contributed by atoms with van der Waals surface area (Å²) in [5.74, 6) is -1.96. The first kappa shape index (κ1) is 18.0. The number of piperidine rings is 1. The molecule has 1 atom stereocenters. The molecule has 2 N–H and O–H groups in total. The van der Waals surface area contributed by atoms with Gasteiger partial charge in [-0.2, -0.15) is 0 Å². The van der Waals surface area contributed by atoms with Crippen molar-refractivity contribution in [3.63, 3.8) is 0 Å². The molecule has 0 radical (unpaired) electrons. The zero-order valence-corrected chi connectivity index (χ0v) is 15.0. The highest BCUT2D eigenvalue weighted by atomic mass is 19.2. The van der Waals surface area contributed by atoms with Crippen LogP contribution >= 0.6 is 0 Å². The molecule has 3 heterocycles. The van der Waals surface area contributed by atoms with E-state index < -0.39 is 17.7 Å². The summed E-state index contributed by atoms with van der Waals surface area (Å²) in [6.45, 7) is 4.52. The largest absolute Gasteiger partial charge is 0.465 e. The summed E-state index contributed by atoms with van der Waals surface area (Å²) < 4.78 is 28.6. The molecule has 1 aromatic carbocycles. The maximum atomic E-state index is 13.7. The maximum Gasteiger partial charge on any atom is 0.407 e. The van der Waals surface area contributed by atoms with Gasteiger partial charge in [-0.15, -0.1) is 0 Å². The van der Waals surface area contributed by atoms with Crippen molar-refractivity contribution in [1.29, 1.82) is 0 Å². The van der Waals surface area contributed by atoms with Gasteiger partial charge in [0.25, 0.3) is 0 Å². The van der Waals surface area contributed by atoms with Crippen LogP contribution in [0.5, 0.6) is 0 Å². The van der Waals surface area contributed by atoms with E-state index in [1.807, 2.05) is 0 Å². The van der Waals surface area contributed by atoms with Gasteiger partial charge >= 0.3 is 11.8 Å². The molecule has 2 aliphatic rings. The predicted octanol–water partition coefficient (Wildman–Crippen LogP) is 2.39. The Labute approximate surface area is 154 Å². The highest BCUT2D eigenvalue weighted by Crippen LogP contribution is 2.33. The Morgan fingerprint density at radius 1 is 1.22 bits per heavy atom. The van der Waals surface area contributed by atoms with Crippen LogP contribution in [0.25, 0.3) is 11.0 Å². The summed E-state index contributed by atoms with van der Waals surface area (Å²) in [6, 6.07) is 1.98. The predicted molar refractivity (Wildman–Crippen MR) is 94.9 cm³/mol. The fourth-order valence-electron chi connectivity index (χ4n) is 4.51. The van der Waals surface area contributed by atoms with Crippen LogP contribution in [0.4, 0.5) is 13.6 Å². The standard InChI is InChI=1S/C18H22F2N4O3/c1-18(4-7-22(10-18)17(26)27)23-5-2-11(3-6-23)24-15-9-13(20)12(19)8-14(15)21-16(24)25/h8-9,11H,2-7,10H2,1H3,(H,21,25)(H,26,27). The Hall–Kier alpha value is -2.42. The molecule has 2 saturated heterocycles. The Kier molecular flexibility index (Phi) is 4.21. The SMILES string of the molecule is CC1(N2CCC(n3c(=O)[nH]c4cc(F)c(F)cc43)CC2)CCN(C(=O)O)C1. The average molecular weight is 380 g/mol. The van der Waals surface area contributed by atoms with E-state index in [-0.39, 0.29) is 17.3 Å². The second-order valence-electron chi connectivity index (χ2n) is 7.75. The lowest BCUT2D eigenvalue weighted by Gasteiger charge is -2.42. The number of hydrogen-bond acceptors (Lipinski definition) is 3. The van der Waals surface area contributed by atoms with Crippen LogP contribution in [0, 0.1) is 11.6 Å². The smallest absolute Gasteiger partial charge is 0.407 e. The molecular weight excluding hydrogens is 358 g/mol. The Morgan fingerprint density at radius 2 is 1.89 bits per heavy atom. The van der Waals surface area contributed by atoms with E-state index >= 15 is 0 Å². The lowest BCUT2D eigenvalue weighted by molar-refractivity contribution is 0.0682. The number of carboxylic acid groups (broad SMARTS) is 1. The highest BCUT2D eigenvalue weighted by Gasteiger charge is 2.42. The number of likely N-dealkylation sites (tertiary alicyclic amines) is 2. The minimum atomic E-state index is -0.983. The number of imidazole rings is 1. The van der Waals surface area contributed by atoms with Crippen LogP contribution in [-0.4, -0.2) is 62.3 Å². The molecule has 27 heavy (non-hydrogen) atoms. The van der Waals surface area contributed by atoms with Gasteiger partial charge < -0.3 is 15.0 Å². The average Bonchev–Trinajstić information content (AvgIpc) is 3.17. The molecule has 7 nitrogen and oxygen atoms in total. The first-order chi connectivity index (χ1) is 12.8. The molecular formula is C18H22F2N4O3. The first-order valence-electron chi connectivity index (χ1n) is 9.11. The van der Waals surface area contributed by atoms with E-state index in [1.54, 1.807) is 0 Å². The van der Waals surface area contributed by atoms with Crippen molar-refractivity contribution in [2.24, 2.45) is 0 Å². The molecule has 0 bridgehead atoms. The zero-order valence-electron chi connectivity index (χ0n) is 15.0.